The molecule has 4 fully saturated rings. The number of rotatable bonds is 3. The predicted molar refractivity (Wildman–Crippen MR) is 138 cm³/mol. The standard InChI is InChI=1S/C30H40O10/c1-13-11-19(39-25(35)14(13)2)15(3)28(36)23(34)24(38-16(4)31)29(37)18-12-22-30(40-22)21(33)8-7-20(32)27(30,6)17(18)9-10-26(28,29)5/h7-8,15,17-19,21-24,33-34,36-37H,9-12H2,1-6H3/t15-,17+,18-,19-,21+,22-,23+,24+,26-,27+,28-,29-,30-/m1/s1. The fraction of sp³-hybridized carbons (Fsp3) is 0.767. The summed E-state index contributed by atoms with van der Waals surface area (Å²) < 4.78 is 17.5. The van der Waals surface area contributed by atoms with Gasteiger partial charge in [0.2, 0.25) is 0 Å². The Kier molecular flexibility index (Phi) is 5.78. The quantitative estimate of drug-likeness (QED) is 0.291. The number of carbonyl (C=O) groups is 3. The molecule has 2 aliphatic heterocycles. The Morgan fingerprint density at radius 3 is 2.45 bits per heavy atom. The van der Waals surface area contributed by atoms with Crippen LogP contribution in [0.1, 0.15) is 67.2 Å². The number of ketones is 1. The minimum Gasteiger partial charge on any atom is -0.458 e. The number of esters is 2. The van der Waals surface area contributed by atoms with Gasteiger partial charge in [-0.15, -0.1) is 0 Å². The number of hydrogen-bond donors (Lipinski definition) is 4. The summed E-state index contributed by atoms with van der Waals surface area (Å²) in [6.07, 6.45) is -1.53. The van der Waals surface area contributed by atoms with Crippen molar-refractivity contribution in [1.29, 1.82) is 0 Å². The number of epoxide rings is 1. The van der Waals surface area contributed by atoms with Gasteiger partial charge in [0.15, 0.2) is 11.9 Å². The molecule has 0 aromatic heterocycles. The Bertz CT molecular complexity index is 1260. The average molecular weight is 561 g/mol. The average Bonchev–Trinajstić information content (AvgIpc) is 3.62. The molecular weight excluding hydrogens is 520 g/mol. The molecular formula is C30H40O10. The molecule has 13 atom stereocenters. The monoisotopic (exact) mass is 560 g/mol. The number of ether oxygens (including phenoxy) is 3. The second kappa shape index (κ2) is 8.25. The van der Waals surface area contributed by atoms with Crippen LogP contribution in [0.3, 0.4) is 0 Å². The zero-order valence-electron chi connectivity index (χ0n) is 23.8. The van der Waals surface area contributed by atoms with Gasteiger partial charge in [0.25, 0.3) is 0 Å². The van der Waals surface area contributed by atoms with E-state index in [4.69, 9.17) is 14.2 Å². The maximum atomic E-state index is 13.5. The molecule has 2 heterocycles. The number of fused-ring (bicyclic) bond motifs is 4. The summed E-state index contributed by atoms with van der Waals surface area (Å²) >= 11 is 0. The highest BCUT2D eigenvalue weighted by atomic mass is 16.6. The first-order valence-electron chi connectivity index (χ1n) is 14.3. The fourth-order valence-corrected chi connectivity index (χ4v) is 9.84. The van der Waals surface area contributed by atoms with E-state index in [0.717, 1.165) is 5.57 Å². The van der Waals surface area contributed by atoms with Crippen LogP contribution in [0.5, 0.6) is 0 Å². The molecule has 4 N–H and O–H groups in total. The van der Waals surface area contributed by atoms with Gasteiger partial charge in [-0.1, -0.05) is 19.4 Å². The van der Waals surface area contributed by atoms with Gasteiger partial charge in [0.05, 0.1) is 11.5 Å². The first-order chi connectivity index (χ1) is 18.5. The number of carbonyl (C=O) groups excluding carboxylic acids is 3. The van der Waals surface area contributed by atoms with Crippen molar-refractivity contribution in [3.63, 3.8) is 0 Å². The number of allylic oxidation sites excluding steroid dienone is 1. The minimum atomic E-state index is -2.03. The molecule has 6 rings (SSSR count). The molecule has 0 amide bonds. The molecule has 220 valence electrons. The fourth-order valence-electron chi connectivity index (χ4n) is 9.84. The topological polar surface area (TPSA) is 163 Å². The van der Waals surface area contributed by atoms with Gasteiger partial charge in [-0.3, -0.25) is 9.59 Å². The number of hydrogen-bond acceptors (Lipinski definition) is 10. The third-order valence-corrected chi connectivity index (χ3v) is 12.4. The lowest BCUT2D eigenvalue weighted by atomic mass is 9.42. The molecule has 10 heteroatoms. The molecule has 1 saturated heterocycles. The van der Waals surface area contributed by atoms with Gasteiger partial charge in [0, 0.05) is 30.3 Å². The van der Waals surface area contributed by atoms with Crippen LogP contribution in [0.25, 0.3) is 0 Å². The predicted octanol–water partition coefficient (Wildman–Crippen LogP) is 1.12. The third kappa shape index (κ3) is 2.89. The van der Waals surface area contributed by atoms with Crippen LogP contribution in [0.2, 0.25) is 0 Å². The number of aliphatic hydroxyl groups excluding tert-OH is 2. The maximum absolute atomic E-state index is 13.5. The van der Waals surface area contributed by atoms with Gasteiger partial charge in [0.1, 0.15) is 35.1 Å². The summed E-state index contributed by atoms with van der Waals surface area (Å²) in [5, 5.41) is 48.3. The lowest BCUT2D eigenvalue weighted by Gasteiger charge is -2.62. The van der Waals surface area contributed by atoms with Gasteiger partial charge in [-0.25, -0.2) is 4.79 Å². The SMILES string of the molecule is CC(=O)O[C@H]1[C@H](O)[C@](O)([C@H](C)[C@H]2CC(C)=C(C)C(=O)O2)[C@@]2(C)CC[C@H]3[C@@H](C[C@H]4O[C@]45[C@@H](O)C=CC(=O)[C@]35C)[C@@]12O. The van der Waals surface area contributed by atoms with Crippen LogP contribution < -0.4 is 0 Å². The van der Waals surface area contributed by atoms with Crippen molar-refractivity contribution in [3.8, 4) is 0 Å². The molecule has 0 unspecified atom stereocenters. The first-order valence-corrected chi connectivity index (χ1v) is 14.3. The van der Waals surface area contributed by atoms with Crippen LogP contribution >= 0.6 is 0 Å². The molecule has 0 aromatic rings. The second-order valence-electron chi connectivity index (χ2n) is 13.6. The molecule has 10 nitrogen and oxygen atoms in total. The molecule has 3 saturated carbocycles. The summed E-state index contributed by atoms with van der Waals surface area (Å²) in [5.74, 6) is -3.48. The van der Waals surface area contributed by atoms with Gasteiger partial charge < -0.3 is 34.6 Å². The Morgan fingerprint density at radius 1 is 1.15 bits per heavy atom. The molecule has 0 aromatic carbocycles. The summed E-state index contributed by atoms with van der Waals surface area (Å²) in [4.78, 5) is 38.5. The van der Waals surface area contributed by atoms with Gasteiger partial charge in [-0.05, 0) is 64.0 Å². The molecule has 6 aliphatic rings. The summed E-state index contributed by atoms with van der Waals surface area (Å²) in [5.41, 5.74) is -6.36. The molecule has 40 heavy (non-hydrogen) atoms. The van der Waals surface area contributed by atoms with Crippen molar-refractivity contribution in [2.45, 2.75) is 115 Å². The van der Waals surface area contributed by atoms with E-state index in [1.807, 2.05) is 6.92 Å². The van der Waals surface area contributed by atoms with E-state index in [1.54, 1.807) is 27.7 Å². The van der Waals surface area contributed by atoms with Crippen molar-refractivity contribution in [1.82, 2.24) is 0 Å². The maximum Gasteiger partial charge on any atom is 0.333 e. The number of cyclic esters (lactones) is 1. The second-order valence-corrected chi connectivity index (χ2v) is 13.6. The van der Waals surface area contributed by atoms with Crippen LogP contribution in [-0.4, -0.2) is 85.5 Å². The Hall–Kier alpha value is -2.11. The smallest absolute Gasteiger partial charge is 0.333 e. The third-order valence-electron chi connectivity index (χ3n) is 12.4. The molecule has 1 spiro atoms. The van der Waals surface area contributed by atoms with E-state index in [-0.39, 0.29) is 18.6 Å². The van der Waals surface area contributed by atoms with Crippen molar-refractivity contribution in [3.05, 3.63) is 23.3 Å². The van der Waals surface area contributed by atoms with Gasteiger partial charge >= 0.3 is 11.9 Å². The summed E-state index contributed by atoms with van der Waals surface area (Å²) in [6, 6.07) is 0. The van der Waals surface area contributed by atoms with Crippen LogP contribution in [0.15, 0.2) is 23.3 Å². The van der Waals surface area contributed by atoms with Gasteiger partial charge in [-0.2, -0.15) is 0 Å². The van der Waals surface area contributed by atoms with E-state index in [9.17, 15) is 34.8 Å². The van der Waals surface area contributed by atoms with Crippen molar-refractivity contribution < 1.29 is 49.0 Å². The largest absolute Gasteiger partial charge is 0.458 e. The van der Waals surface area contributed by atoms with E-state index < -0.39 is 87.8 Å². The molecule has 4 aliphatic carbocycles. The van der Waals surface area contributed by atoms with E-state index in [2.05, 4.69) is 0 Å². The van der Waals surface area contributed by atoms with E-state index in [1.165, 1.54) is 19.1 Å². The lowest BCUT2D eigenvalue weighted by molar-refractivity contribution is -0.259. The van der Waals surface area contributed by atoms with Crippen LogP contribution in [0, 0.1) is 28.6 Å². The first kappa shape index (κ1) is 28.0. The Labute approximate surface area is 233 Å². The summed E-state index contributed by atoms with van der Waals surface area (Å²) in [6.45, 7) is 9.83. The van der Waals surface area contributed by atoms with E-state index in [0.29, 0.717) is 18.4 Å². The van der Waals surface area contributed by atoms with E-state index >= 15 is 0 Å². The zero-order chi connectivity index (χ0) is 29.4. The highest BCUT2D eigenvalue weighted by Gasteiger charge is 2.86. The Balaban J connectivity index is 1.47. The van der Waals surface area contributed by atoms with Crippen LogP contribution in [0.4, 0.5) is 0 Å². The Morgan fingerprint density at radius 2 is 1.82 bits per heavy atom. The zero-order valence-corrected chi connectivity index (χ0v) is 23.8. The van der Waals surface area contributed by atoms with Crippen molar-refractivity contribution >= 4 is 17.7 Å². The summed E-state index contributed by atoms with van der Waals surface area (Å²) in [7, 11) is 0. The number of aliphatic hydroxyl groups is 4. The van der Waals surface area contributed by atoms with Crippen molar-refractivity contribution in [2.75, 3.05) is 0 Å². The normalized spacial score (nSPS) is 53.6. The van der Waals surface area contributed by atoms with Crippen molar-refractivity contribution in [2.24, 2.45) is 28.6 Å². The highest BCUT2D eigenvalue weighted by Crippen LogP contribution is 2.75. The highest BCUT2D eigenvalue weighted by molar-refractivity contribution is 5.98. The molecule has 0 radical (unpaired) electrons. The van der Waals surface area contributed by atoms with Crippen LogP contribution in [-0.2, 0) is 28.6 Å². The lowest BCUT2D eigenvalue weighted by Crippen LogP contribution is -2.72. The molecule has 0 bridgehead atoms. The minimum absolute atomic E-state index is 0.179.